The smallest absolute Gasteiger partial charge is 0.213 e. The predicted octanol–water partition coefficient (Wildman–Crippen LogP) is 2.67. The van der Waals surface area contributed by atoms with Crippen LogP contribution in [0.2, 0.25) is 0 Å². The molecule has 76 valence electrons. The highest BCUT2D eigenvalue weighted by Gasteiger charge is 2.03. The van der Waals surface area contributed by atoms with Crippen LogP contribution < -0.4 is 0 Å². The van der Waals surface area contributed by atoms with Crippen molar-refractivity contribution < 1.29 is 4.92 Å². The first-order valence-electron chi connectivity index (χ1n) is 4.42. The van der Waals surface area contributed by atoms with Gasteiger partial charge in [-0.25, -0.2) is 0 Å². The zero-order valence-electron chi connectivity index (χ0n) is 8.32. The van der Waals surface area contributed by atoms with Crippen molar-refractivity contribution in [2.24, 2.45) is 0 Å². The van der Waals surface area contributed by atoms with Crippen molar-refractivity contribution in [1.29, 1.82) is 0 Å². The van der Waals surface area contributed by atoms with Crippen molar-refractivity contribution in [3.05, 3.63) is 39.4 Å². The van der Waals surface area contributed by atoms with Gasteiger partial charge in [-0.15, -0.1) is 11.8 Å². The van der Waals surface area contributed by atoms with Gasteiger partial charge in [0.05, 0.1) is 5.75 Å². The lowest BCUT2D eigenvalue weighted by atomic mass is 10.1. The average molecular weight is 211 g/mol. The maximum Gasteiger partial charge on any atom is 0.213 e. The van der Waals surface area contributed by atoms with Crippen LogP contribution in [0.15, 0.2) is 23.1 Å². The summed E-state index contributed by atoms with van der Waals surface area (Å²) in [5, 5.41) is 10.1. The van der Waals surface area contributed by atoms with Crippen molar-refractivity contribution in [3.8, 4) is 0 Å². The van der Waals surface area contributed by atoms with Gasteiger partial charge in [0.25, 0.3) is 0 Å². The number of thioether (sulfide) groups is 1. The Labute approximate surface area is 87.7 Å². The predicted molar refractivity (Wildman–Crippen MR) is 58.5 cm³/mol. The van der Waals surface area contributed by atoms with Gasteiger partial charge in [-0.05, 0) is 31.0 Å². The minimum atomic E-state index is -0.280. The zero-order valence-corrected chi connectivity index (χ0v) is 9.13. The number of benzene rings is 1. The van der Waals surface area contributed by atoms with E-state index in [0.29, 0.717) is 5.75 Å². The third-order valence-corrected chi connectivity index (χ3v) is 3.23. The summed E-state index contributed by atoms with van der Waals surface area (Å²) in [6.07, 6.45) is 0. The largest absolute Gasteiger partial charge is 0.265 e. The molecular formula is C10H13NO2S. The maximum atomic E-state index is 10.1. The Kier molecular flexibility index (Phi) is 3.95. The monoisotopic (exact) mass is 211 g/mol. The number of aryl methyl sites for hydroxylation is 1. The van der Waals surface area contributed by atoms with E-state index in [9.17, 15) is 10.1 Å². The van der Waals surface area contributed by atoms with E-state index in [4.69, 9.17) is 0 Å². The van der Waals surface area contributed by atoms with Crippen molar-refractivity contribution in [3.63, 3.8) is 0 Å². The Morgan fingerprint density at radius 3 is 2.79 bits per heavy atom. The molecule has 0 aliphatic carbocycles. The van der Waals surface area contributed by atoms with E-state index in [1.807, 2.05) is 32.0 Å². The highest BCUT2D eigenvalue weighted by molar-refractivity contribution is 7.99. The van der Waals surface area contributed by atoms with Crippen LogP contribution >= 0.6 is 11.8 Å². The first-order valence-corrected chi connectivity index (χ1v) is 5.40. The molecule has 0 heterocycles. The van der Waals surface area contributed by atoms with Gasteiger partial charge in [-0.3, -0.25) is 10.1 Å². The molecule has 0 fully saturated rings. The first-order chi connectivity index (χ1) is 6.61. The zero-order chi connectivity index (χ0) is 10.6. The van der Waals surface area contributed by atoms with E-state index in [1.165, 1.54) is 11.1 Å². The summed E-state index contributed by atoms with van der Waals surface area (Å²) >= 11 is 1.55. The summed E-state index contributed by atoms with van der Waals surface area (Å²) in [7, 11) is 0. The number of nitrogens with zero attached hydrogens (tertiary/aromatic N) is 1. The quantitative estimate of drug-likeness (QED) is 0.437. The van der Waals surface area contributed by atoms with Gasteiger partial charge < -0.3 is 0 Å². The molecule has 0 bridgehead atoms. The molecule has 0 N–H and O–H groups in total. The molecule has 1 aromatic rings. The Bertz CT molecular complexity index is 339. The highest BCUT2D eigenvalue weighted by Crippen LogP contribution is 2.23. The minimum Gasteiger partial charge on any atom is -0.265 e. The molecule has 0 amide bonds. The van der Waals surface area contributed by atoms with E-state index < -0.39 is 0 Å². The van der Waals surface area contributed by atoms with Crippen LogP contribution in [0.4, 0.5) is 0 Å². The van der Waals surface area contributed by atoms with E-state index in [1.54, 1.807) is 11.8 Å². The number of nitro groups is 1. The standard InChI is InChI=1S/C10H13NO2S/c1-8-4-3-5-10(9(8)2)14-7-6-11(12)13/h3-5H,6-7H2,1-2H3. The van der Waals surface area contributed by atoms with Gasteiger partial charge in [-0.1, -0.05) is 12.1 Å². The van der Waals surface area contributed by atoms with Gasteiger partial charge in [0.2, 0.25) is 6.54 Å². The summed E-state index contributed by atoms with van der Waals surface area (Å²) in [5.41, 5.74) is 2.46. The van der Waals surface area contributed by atoms with E-state index in [-0.39, 0.29) is 11.5 Å². The number of hydrogen-bond acceptors (Lipinski definition) is 3. The summed E-state index contributed by atoms with van der Waals surface area (Å²) in [4.78, 5) is 11.0. The molecule has 0 aromatic heterocycles. The molecule has 0 saturated heterocycles. The number of hydrogen-bond donors (Lipinski definition) is 0. The highest BCUT2D eigenvalue weighted by atomic mass is 32.2. The molecule has 4 heteroatoms. The van der Waals surface area contributed by atoms with Crippen LogP contribution in [0.1, 0.15) is 11.1 Å². The molecule has 0 unspecified atom stereocenters. The maximum absolute atomic E-state index is 10.1. The van der Waals surface area contributed by atoms with Crippen molar-refractivity contribution in [1.82, 2.24) is 0 Å². The van der Waals surface area contributed by atoms with Gasteiger partial charge in [0, 0.05) is 9.82 Å². The molecule has 0 aliphatic rings. The summed E-state index contributed by atoms with van der Waals surface area (Å²) in [5.74, 6) is 0.539. The fourth-order valence-electron chi connectivity index (χ4n) is 1.11. The van der Waals surface area contributed by atoms with Gasteiger partial charge in [0.15, 0.2) is 0 Å². The normalized spacial score (nSPS) is 10.1. The molecule has 0 spiro atoms. The molecule has 0 aliphatic heterocycles. The third kappa shape index (κ3) is 3.03. The second-order valence-electron chi connectivity index (χ2n) is 3.10. The lowest BCUT2D eigenvalue weighted by Gasteiger charge is -2.06. The molecule has 0 radical (unpaired) electrons. The summed E-state index contributed by atoms with van der Waals surface area (Å²) in [6.45, 7) is 4.12. The van der Waals surface area contributed by atoms with E-state index in [2.05, 4.69) is 0 Å². The molecule has 3 nitrogen and oxygen atoms in total. The fraction of sp³-hybridized carbons (Fsp3) is 0.400. The van der Waals surface area contributed by atoms with Gasteiger partial charge >= 0.3 is 0 Å². The Morgan fingerprint density at radius 2 is 2.14 bits per heavy atom. The van der Waals surface area contributed by atoms with Crippen LogP contribution in [0, 0.1) is 24.0 Å². The Morgan fingerprint density at radius 1 is 1.43 bits per heavy atom. The van der Waals surface area contributed by atoms with Crippen LogP contribution in [0.5, 0.6) is 0 Å². The molecule has 14 heavy (non-hydrogen) atoms. The average Bonchev–Trinajstić information content (AvgIpc) is 2.12. The van der Waals surface area contributed by atoms with Crippen LogP contribution in [0.3, 0.4) is 0 Å². The van der Waals surface area contributed by atoms with Crippen molar-refractivity contribution >= 4 is 11.8 Å². The topological polar surface area (TPSA) is 43.1 Å². The fourth-order valence-corrected chi connectivity index (χ4v) is 2.12. The lowest BCUT2D eigenvalue weighted by molar-refractivity contribution is -0.474. The molecule has 0 saturated carbocycles. The molecular weight excluding hydrogens is 198 g/mol. The first kappa shape index (κ1) is 11.0. The minimum absolute atomic E-state index is 0.0258. The Balaban J connectivity index is 2.59. The molecule has 0 atom stereocenters. The van der Waals surface area contributed by atoms with E-state index in [0.717, 1.165) is 4.90 Å². The SMILES string of the molecule is Cc1cccc(SCC[N+](=O)[O-])c1C. The van der Waals surface area contributed by atoms with Crippen LogP contribution in [-0.2, 0) is 0 Å². The number of rotatable bonds is 4. The Hall–Kier alpha value is -1.03. The van der Waals surface area contributed by atoms with Gasteiger partial charge in [0.1, 0.15) is 0 Å². The van der Waals surface area contributed by atoms with Crippen molar-refractivity contribution in [2.45, 2.75) is 18.7 Å². The lowest BCUT2D eigenvalue weighted by Crippen LogP contribution is -2.02. The van der Waals surface area contributed by atoms with Crippen LogP contribution in [-0.4, -0.2) is 17.2 Å². The van der Waals surface area contributed by atoms with Crippen molar-refractivity contribution in [2.75, 3.05) is 12.3 Å². The molecule has 1 aromatic carbocycles. The molecule has 1 rings (SSSR count). The summed E-state index contributed by atoms with van der Waals surface area (Å²) in [6, 6.07) is 6.04. The third-order valence-electron chi connectivity index (χ3n) is 2.09. The second kappa shape index (κ2) is 5.00. The van der Waals surface area contributed by atoms with Gasteiger partial charge in [-0.2, -0.15) is 0 Å². The van der Waals surface area contributed by atoms with Crippen LogP contribution in [0.25, 0.3) is 0 Å². The second-order valence-corrected chi connectivity index (χ2v) is 4.24. The van der Waals surface area contributed by atoms with E-state index >= 15 is 0 Å². The summed E-state index contributed by atoms with van der Waals surface area (Å²) < 4.78 is 0.